The van der Waals surface area contributed by atoms with Gasteiger partial charge >= 0.3 is 6.03 Å². The number of fused-ring (bicyclic) bond motifs is 1. The predicted molar refractivity (Wildman–Crippen MR) is 132 cm³/mol. The molecule has 1 aromatic carbocycles. The second-order valence-corrected chi connectivity index (χ2v) is 8.67. The van der Waals surface area contributed by atoms with Crippen molar-refractivity contribution in [1.82, 2.24) is 25.1 Å². The van der Waals surface area contributed by atoms with E-state index in [9.17, 15) is 4.79 Å². The van der Waals surface area contributed by atoms with Gasteiger partial charge in [0, 0.05) is 57.0 Å². The Bertz CT molecular complexity index is 1150. The molecule has 1 saturated heterocycles. The van der Waals surface area contributed by atoms with Crippen LogP contribution in [0, 0.1) is 0 Å². The Morgan fingerprint density at radius 2 is 2.09 bits per heavy atom. The fourth-order valence-corrected chi connectivity index (χ4v) is 4.38. The number of nitrogens with zero attached hydrogens (tertiary/aromatic N) is 3. The lowest BCUT2D eigenvalue weighted by molar-refractivity contribution is 0.0322. The number of benzene rings is 1. The number of aromatic amines is 1. The Morgan fingerprint density at radius 3 is 2.94 bits per heavy atom. The van der Waals surface area contributed by atoms with Crippen molar-refractivity contribution in [3.05, 3.63) is 66.0 Å². The van der Waals surface area contributed by atoms with E-state index < -0.39 is 0 Å². The molecule has 0 aliphatic carbocycles. The summed E-state index contributed by atoms with van der Waals surface area (Å²) in [7, 11) is 0. The first-order chi connectivity index (χ1) is 16.7. The third-order valence-corrected chi connectivity index (χ3v) is 6.39. The fourth-order valence-electron chi connectivity index (χ4n) is 4.38. The van der Waals surface area contributed by atoms with Gasteiger partial charge in [-0.15, -0.1) is 0 Å². The summed E-state index contributed by atoms with van der Waals surface area (Å²) in [5, 5.41) is 4.15. The number of hydrogen-bond acceptors (Lipinski definition) is 5. The van der Waals surface area contributed by atoms with Crippen LogP contribution < -0.4 is 10.1 Å². The second kappa shape index (κ2) is 10.7. The van der Waals surface area contributed by atoms with E-state index in [1.54, 1.807) is 0 Å². The summed E-state index contributed by atoms with van der Waals surface area (Å²) in [5.41, 5.74) is 4.28. The van der Waals surface area contributed by atoms with Gasteiger partial charge < -0.3 is 24.7 Å². The number of urea groups is 1. The molecule has 8 nitrogen and oxygen atoms in total. The smallest absolute Gasteiger partial charge is 0.317 e. The number of H-pyrrole nitrogens is 1. The Hall–Kier alpha value is -3.36. The average Bonchev–Trinajstić information content (AvgIpc) is 3.36. The number of carbonyl (C=O) groups excluding carboxylic acids is 1. The molecule has 178 valence electrons. The molecule has 5 rings (SSSR count). The number of hydrogen-bond donors (Lipinski definition) is 2. The van der Waals surface area contributed by atoms with E-state index in [1.807, 2.05) is 47.6 Å². The molecule has 0 atom stereocenters. The highest BCUT2D eigenvalue weighted by Crippen LogP contribution is 2.24. The maximum Gasteiger partial charge on any atom is 0.317 e. The molecule has 0 spiro atoms. The lowest BCUT2D eigenvalue weighted by Gasteiger charge is -2.27. The van der Waals surface area contributed by atoms with E-state index in [4.69, 9.17) is 9.47 Å². The summed E-state index contributed by atoms with van der Waals surface area (Å²) in [6, 6.07) is 12.1. The molecule has 0 bridgehead atoms. The molecule has 34 heavy (non-hydrogen) atoms. The largest absolute Gasteiger partial charge is 0.492 e. The molecule has 1 fully saturated rings. The van der Waals surface area contributed by atoms with Crippen LogP contribution in [-0.2, 0) is 11.3 Å². The number of carbonyl (C=O) groups is 1. The number of ether oxygens (including phenoxy) is 2. The van der Waals surface area contributed by atoms with Crippen molar-refractivity contribution in [3.8, 4) is 5.75 Å². The molecule has 2 aromatic heterocycles. The highest BCUT2D eigenvalue weighted by Gasteiger charge is 2.18. The topological polar surface area (TPSA) is 82.7 Å². The maximum atomic E-state index is 12.7. The van der Waals surface area contributed by atoms with E-state index >= 15 is 0 Å². The fraction of sp³-hybridized carbons (Fsp3) is 0.385. The molecule has 0 saturated carbocycles. The number of amides is 2. The zero-order chi connectivity index (χ0) is 23.2. The zero-order valence-corrected chi connectivity index (χ0v) is 19.3. The first kappa shape index (κ1) is 22.4. The van der Waals surface area contributed by atoms with Crippen molar-refractivity contribution < 1.29 is 14.3 Å². The summed E-state index contributed by atoms with van der Waals surface area (Å²) in [5.74, 6) is 0.832. The van der Waals surface area contributed by atoms with Crippen molar-refractivity contribution in [1.29, 1.82) is 0 Å². The lowest BCUT2D eigenvalue weighted by Crippen LogP contribution is -2.41. The average molecular weight is 462 g/mol. The number of morpholine rings is 1. The van der Waals surface area contributed by atoms with Crippen LogP contribution in [0.15, 0.2) is 54.9 Å². The highest BCUT2D eigenvalue weighted by molar-refractivity contribution is 5.81. The summed E-state index contributed by atoms with van der Waals surface area (Å²) < 4.78 is 11.3. The third-order valence-electron chi connectivity index (χ3n) is 6.39. The molecule has 0 radical (unpaired) electrons. The van der Waals surface area contributed by atoms with E-state index in [0.29, 0.717) is 26.2 Å². The van der Waals surface area contributed by atoms with Gasteiger partial charge in [0.05, 0.1) is 13.2 Å². The molecule has 2 N–H and O–H groups in total. The van der Waals surface area contributed by atoms with E-state index in [2.05, 4.69) is 32.3 Å². The molecule has 8 heteroatoms. The van der Waals surface area contributed by atoms with E-state index in [0.717, 1.165) is 67.2 Å². The normalized spacial score (nSPS) is 16.9. The second-order valence-electron chi connectivity index (χ2n) is 8.67. The van der Waals surface area contributed by atoms with Crippen LogP contribution in [0.1, 0.15) is 17.5 Å². The lowest BCUT2D eigenvalue weighted by atomic mass is 10.0. The molecule has 4 heterocycles. The van der Waals surface area contributed by atoms with Crippen LogP contribution >= 0.6 is 0 Å². The van der Waals surface area contributed by atoms with Crippen molar-refractivity contribution in [2.45, 2.75) is 13.0 Å². The minimum Gasteiger partial charge on any atom is -0.492 e. The van der Waals surface area contributed by atoms with Gasteiger partial charge in [0.15, 0.2) is 0 Å². The first-order valence-corrected chi connectivity index (χ1v) is 11.9. The van der Waals surface area contributed by atoms with Gasteiger partial charge in [-0.05, 0) is 47.4 Å². The van der Waals surface area contributed by atoms with Crippen LogP contribution in [0.3, 0.4) is 0 Å². The van der Waals surface area contributed by atoms with Crippen molar-refractivity contribution in [2.75, 3.05) is 52.5 Å². The number of pyridine rings is 1. The number of nitrogens with one attached hydrogen (secondary N) is 2. The Labute approximate surface area is 199 Å². The van der Waals surface area contributed by atoms with Gasteiger partial charge in [0.25, 0.3) is 0 Å². The zero-order valence-electron chi connectivity index (χ0n) is 19.3. The molecule has 2 amide bonds. The molecular formula is C26H31N5O3. The van der Waals surface area contributed by atoms with Crippen LogP contribution in [0.4, 0.5) is 4.79 Å². The summed E-state index contributed by atoms with van der Waals surface area (Å²) in [4.78, 5) is 24.5. The standard InChI is InChI=1S/C26H31N5O3/c32-26(31-8-5-21(6-9-31)23-17-22-4-7-27-25(22)28-19-23)29-18-20-2-1-3-24(16-20)34-15-12-30-10-13-33-14-11-30/h1-5,7,16-17,19H,6,8-15,18H2,(H,27,28)(H,29,32). The third kappa shape index (κ3) is 5.58. The minimum atomic E-state index is -0.0480. The Balaban J connectivity index is 1.09. The van der Waals surface area contributed by atoms with Crippen molar-refractivity contribution >= 4 is 22.6 Å². The number of rotatable bonds is 7. The van der Waals surface area contributed by atoms with Crippen LogP contribution in [0.5, 0.6) is 5.75 Å². The molecular weight excluding hydrogens is 430 g/mol. The van der Waals surface area contributed by atoms with Gasteiger partial charge in [-0.2, -0.15) is 0 Å². The summed E-state index contributed by atoms with van der Waals surface area (Å²) >= 11 is 0. The van der Waals surface area contributed by atoms with Crippen LogP contribution in [0.2, 0.25) is 0 Å². The Kier molecular flexibility index (Phi) is 7.07. The SMILES string of the molecule is O=C(NCc1cccc(OCCN2CCOCC2)c1)N1CC=C(c2cnc3[nH]ccc3c2)CC1. The van der Waals surface area contributed by atoms with Crippen molar-refractivity contribution in [2.24, 2.45) is 0 Å². The van der Waals surface area contributed by atoms with Gasteiger partial charge in [0.2, 0.25) is 0 Å². The predicted octanol–water partition coefficient (Wildman–Crippen LogP) is 3.27. The van der Waals surface area contributed by atoms with Gasteiger partial charge in [0.1, 0.15) is 18.0 Å². The van der Waals surface area contributed by atoms with Crippen LogP contribution in [0.25, 0.3) is 16.6 Å². The summed E-state index contributed by atoms with van der Waals surface area (Å²) in [6.07, 6.45) is 6.74. The van der Waals surface area contributed by atoms with Gasteiger partial charge in [-0.1, -0.05) is 18.2 Å². The van der Waals surface area contributed by atoms with Crippen LogP contribution in [-0.4, -0.2) is 78.3 Å². The molecule has 2 aliphatic heterocycles. The maximum absolute atomic E-state index is 12.7. The monoisotopic (exact) mass is 461 g/mol. The quantitative estimate of drug-likeness (QED) is 0.564. The highest BCUT2D eigenvalue weighted by atomic mass is 16.5. The summed E-state index contributed by atoms with van der Waals surface area (Å²) in [6.45, 7) is 6.80. The Morgan fingerprint density at radius 1 is 1.18 bits per heavy atom. The van der Waals surface area contributed by atoms with Crippen molar-refractivity contribution in [3.63, 3.8) is 0 Å². The van der Waals surface area contributed by atoms with E-state index in [1.165, 1.54) is 5.57 Å². The molecule has 2 aliphatic rings. The first-order valence-electron chi connectivity index (χ1n) is 11.9. The van der Waals surface area contributed by atoms with E-state index in [-0.39, 0.29) is 6.03 Å². The molecule has 3 aromatic rings. The molecule has 0 unspecified atom stereocenters. The minimum absolute atomic E-state index is 0.0480. The van der Waals surface area contributed by atoms with Gasteiger partial charge in [-0.3, -0.25) is 4.90 Å². The number of aromatic nitrogens is 2. The van der Waals surface area contributed by atoms with Gasteiger partial charge in [-0.25, -0.2) is 9.78 Å².